The van der Waals surface area contributed by atoms with Crippen LogP contribution < -0.4 is 20.5 Å². The monoisotopic (exact) mass is 1030 g/mol. The molecule has 266 valence electrons. The van der Waals surface area contributed by atoms with Crippen molar-refractivity contribution >= 4 is 71.2 Å². The molecule has 1 saturated heterocycles. The van der Waals surface area contributed by atoms with Crippen molar-refractivity contribution in [3.05, 3.63) is 94.1 Å². The number of anilines is 1. The number of benzene rings is 3. The van der Waals surface area contributed by atoms with E-state index < -0.39 is 0 Å². The average Bonchev–Trinajstić information content (AvgIpc) is 3.01. The predicted octanol–water partition coefficient (Wildman–Crippen LogP) is 11.5. The van der Waals surface area contributed by atoms with Crippen molar-refractivity contribution in [3.8, 4) is 11.5 Å². The fourth-order valence-corrected chi connectivity index (χ4v) is 6.16. The fourth-order valence-electron chi connectivity index (χ4n) is 6.16. The molecule has 2 aliphatic rings. The summed E-state index contributed by atoms with van der Waals surface area (Å²) in [5, 5.41) is 3.41. The second kappa shape index (κ2) is 22.4. The third-order valence-corrected chi connectivity index (χ3v) is 8.31. The maximum absolute atomic E-state index is 6.03. The van der Waals surface area contributed by atoms with Gasteiger partial charge in [0.25, 0.3) is 0 Å². The Kier molecular flexibility index (Phi) is 20.4. The normalized spacial score (nSPS) is 15.1. The van der Waals surface area contributed by atoms with E-state index in [9.17, 15) is 0 Å². The van der Waals surface area contributed by atoms with Crippen LogP contribution in [0.1, 0.15) is 93.7 Å². The van der Waals surface area contributed by atoms with Crippen LogP contribution in [0.2, 0.25) is 0 Å². The van der Waals surface area contributed by atoms with E-state index in [1.165, 1.54) is 51.8 Å². The number of halogens is 3. The first-order valence-corrected chi connectivity index (χ1v) is 30.1. The van der Waals surface area contributed by atoms with Gasteiger partial charge in [-0.05, 0) is 144 Å². The molecule has 0 bridgehead atoms. The first-order chi connectivity index (χ1) is 22.3. The molecule has 2 aliphatic heterocycles. The quantitative estimate of drug-likeness (QED) is 0.174. The molecular weight excluding hydrogens is 974 g/mol. The third-order valence-electron chi connectivity index (χ3n) is 8.31. The minimum absolute atomic E-state index is 0. The van der Waals surface area contributed by atoms with Crippen molar-refractivity contribution < 1.29 is 14.4 Å². The summed E-state index contributed by atoms with van der Waals surface area (Å²) in [6, 6.07) is 19.4. The van der Waals surface area contributed by atoms with Crippen LogP contribution in [0.15, 0.2) is 60.7 Å². The summed E-state index contributed by atoms with van der Waals surface area (Å²) in [4.78, 5) is 2.23. The number of nitrogen functional groups attached to an aromatic ring is 1. The van der Waals surface area contributed by atoms with Gasteiger partial charge in [-0.2, -0.15) is 0 Å². The van der Waals surface area contributed by atoms with Gasteiger partial charge in [0.1, 0.15) is 11.5 Å². The second-order valence-electron chi connectivity index (χ2n) is 12.9. The zero-order valence-corrected chi connectivity index (χ0v) is 37.0. The van der Waals surface area contributed by atoms with Crippen LogP contribution in [0.3, 0.4) is 0 Å². The molecule has 0 aliphatic carbocycles. The molecule has 0 saturated carbocycles. The van der Waals surface area contributed by atoms with E-state index in [0.29, 0.717) is 5.92 Å². The molecule has 9 heteroatoms. The third kappa shape index (κ3) is 15.0. The summed E-state index contributed by atoms with van der Waals surface area (Å²) in [6.45, 7) is 20.1. The Labute approximate surface area is 329 Å². The van der Waals surface area contributed by atoms with Gasteiger partial charge in [0, 0.05) is 19.6 Å². The second-order valence-corrected chi connectivity index (χ2v) is 48.3. The van der Waals surface area contributed by atoms with E-state index >= 15 is 0 Å². The minimum atomic E-state index is -0.278. The average molecular weight is 1030 g/mol. The topological polar surface area (TPSA) is 59.8 Å². The molecule has 5 nitrogen and oxygen atoms in total. The maximum atomic E-state index is 6.03. The van der Waals surface area contributed by atoms with E-state index in [0.717, 1.165) is 56.3 Å². The zero-order valence-electron chi connectivity index (χ0n) is 29.1. The molecule has 48 heavy (non-hydrogen) atoms. The van der Waals surface area contributed by atoms with Crippen LogP contribution in [0.4, 0.5) is 5.69 Å². The van der Waals surface area contributed by atoms with Crippen molar-refractivity contribution in [2.45, 2.75) is 99.8 Å². The van der Waals surface area contributed by atoms with Crippen LogP contribution in [-0.2, 0) is 11.5 Å². The summed E-state index contributed by atoms with van der Waals surface area (Å²) in [5.74, 6) is 2.49. The van der Waals surface area contributed by atoms with E-state index in [1.54, 1.807) is 0 Å². The van der Waals surface area contributed by atoms with E-state index in [2.05, 4.69) is 165 Å². The van der Waals surface area contributed by atoms with E-state index in [4.69, 9.17) is 15.2 Å². The molecule has 3 aromatic rings. The number of hydrogen-bond acceptors (Lipinski definition) is 5. The van der Waals surface area contributed by atoms with Gasteiger partial charge in [0.05, 0.1) is 17.9 Å². The zero-order chi connectivity index (χ0) is 34.5. The molecule has 3 aromatic carbocycles. The van der Waals surface area contributed by atoms with Gasteiger partial charge >= 0.3 is 64.9 Å². The van der Waals surface area contributed by atoms with Crippen LogP contribution >= 0.6 is 59.9 Å². The number of piperidine rings is 1. The van der Waals surface area contributed by atoms with Crippen molar-refractivity contribution in [1.29, 1.82) is 0 Å². The molecule has 0 spiro atoms. The number of hydrogen-bond donors (Lipinski definition) is 2. The molecule has 0 atom stereocenters. The Morgan fingerprint density at radius 3 is 2.02 bits per heavy atom. The predicted molar refractivity (Wildman–Crippen MR) is 231 cm³/mol. The van der Waals surface area contributed by atoms with Crippen molar-refractivity contribution in [1.82, 2.24) is 10.2 Å². The molecule has 2 heterocycles. The van der Waals surface area contributed by atoms with E-state index in [1.807, 2.05) is 13.8 Å². The molecule has 0 amide bonds. The molecule has 0 radical (unpaired) electrons. The first kappa shape index (κ1) is 43.7. The molecule has 0 unspecified atom stereocenters. The number of nitrogens with two attached hydrogens (primary N) is 1. The van der Waals surface area contributed by atoms with Gasteiger partial charge in [-0.15, -0.1) is 0 Å². The molecule has 1 fully saturated rings. The Balaban J connectivity index is 0.000000306. The van der Waals surface area contributed by atoms with Crippen LogP contribution in [0.25, 0.3) is 5.57 Å². The number of rotatable bonds is 8. The van der Waals surface area contributed by atoms with Crippen LogP contribution in [-0.4, -0.2) is 43.3 Å². The Morgan fingerprint density at radius 2 is 1.46 bits per heavy atom. The molecule has 3 N–H and O–H groups in total. The summed E-state index contributed by atoms with van der Waals surface area (Å²) < 4.78 is 11.8. The van der Waals surface area contributed by atoms with Crippen LogP contribution in [0.5, 0.6) is 11.5 Å². The van der Waals surface area contributed by atoms with Gasteiger partial charge in [0.2, 0.25) is 0 Å². The Hall–Kier alpha value is -0.506. The van der Waals surface area contributed by atoms with Crippen molar-refractivity contribution in [2.75, 3.05) is 31.9 Å². The fraction of sp³-hybridized carbons (Fsp3) is 0.487. The number of nitrogens with one attached hydrogen (secondary N) is 1. The molecule has 0 aromatic heterocycles. The first-order valence-electron chi connectivity index (χ1n) is 16.6. The summed E-state index contributed by atoms with van der Waals surface area (Å²) in [5.41, 5.74) is 16.2. The summed E-state index contributed by atoms with van der Waals surface area (Å²) in [7, 11) is 0. The van der Waals surface area contributed by atoms with Gasteiger partial charge < -0.3 is 20.5 Å². The molecule has 5 rings (SSSR count). The number of aryl methyl sites for hydroxylation is 3. The number of nitrogens with zero attached hydrogens (tertiary/aromatic N) is 1. The van der Waals surface area contributed by atoms with E-state index in [-0.39, 0.29) is 24.6 Å². The SMILES string of the molecule is C.Cc1cc(C)c(C2=CCN(Cc3ccccc3)CC2)cc1OC(C)C.Cc1cc(N)c(OC(C)C)cc1C1CCNCC1.[I][V]([I])[I]. The summed E-state index contributed by atoms with van der Waals surface area (Å²) >= 11 is 7.39. The van der Waals surface area contributed by atoms with Crippen molar-refractivity contribution in [2.24, 2.45) is 0 Å². The van der Waals surface area contributed by atoms with Gasteiger partial charge in [0.15, 0.2) is 0 Å². The Morgan fingerprint density at radius 1 is 0.854 bits per heavy atom. The van der Waals surface area contributed by atoms with Crippen molar-refractivity contribution in [3.63, 3.8) is 0 Å². The molecular formula is C39H57I3N3O2V. The van der Waals surface area contributed by atoms with Crippen LogP contribution in [0, 0.1) is 20.8 Å². The summed E-state index contributed by atoms with van der Waals surface area (Å²) in [6.07, 6.45) is 6.26. The Bertz CT molecular complexity index is 1420. The number of ether oxygens (including phenoxy) is 2. The van der Waals surface area contributed by atoms with Gasteiger partial charge in [-0.3, -0.25) is 4.90 Å². The van der Waals surface area contributed by atoms with Gasteiger partial charge in [-0.25, -0.2) is 0 Å². The standard InChI is InChI=1S/C23H29NO.C15H24N2O.CH4.3HI.V/c1-17(2)25-23-15-22(18(3)14-19(23)4)21-10-12-24(13-11-21)16-20-8-6-5-7-9-20;1-10(2)18-15-9-13(11(3)8-14(15)16)12-4-6-17-7-5-12;;;;;/h5-10,14-15,17H,11-13,16H2,1-4H3;8-10,12,17H,4-7,16H2,1-3H3;1H4;3*1H;/q;;;;;;+3/p-3. The van der Waals surface area contributed by atoms with Gasteiger partial charge in [-0.1, -0.05) is 49.9 Å².